The van der Waals surface area contributed by atoms with E-state index >= 15 is 0 Å². The molecule has 0 bridgehead atoms. The van der Waals surface area contributed by atoms with Crippen LogP contribution >= 0.6 is 0 Å². The van der Waals surface area contributed by atoms with Crippen LogP contribution in [0.15, 0.2) is 0 Å². The molecule has 0 aromatic rings. The van der Waals surface area contributed by atoms with E-state index in [9.17, 15) is 0 Å². The van der Waals surface area contributed by atoms with E-state index in [1.54, 1.807) is 0 Å². The minimum absolute atomic E-state index is 0. The molecule has 58 valence electrons. The van der Waals surface area contributed by atoms with E-state index in [-0.39, 0.29) is 25.0 Å². The second-order valence-corrected chi connectivity index (χ2v) is 22.5. The van der Waals surface area contributed by atoms with Gasteiger partial charge in [0, 0.05) is 15.2 Å². The van der Waals surface area contributed by atoms with Gasteiger partial charge in [0.05, 0.1) is 0 Å². The van der Waals surface area contributed by atoms with Crippen LogP contribution in [0, 0.1) is 0 Å². The van der Waals surface area contributed by atoms with Gasteiger partial charge in [-0.3, -0.25) is 0 Å². The van der Waals surface area contributed by atoms with Crippen LogP contribution in [0.25, 0.3) is 6.15 Å². The van der Waals surface area contributed by atoms with Crippen molar-refractivity contribution in [1.82, 2.24) is 0 Å². The molecule has 4 heteroatoms. The Bertz CT molecular complexity index is 70.7. The van der Waals surface area contributed by atoms with E-state index in [4.69, 9.17) is 0 Å². The Labute approximate surface area is 79.5 Å². The summed E-state index contributed by atoms with van der Waals surface area (Å²) in [5.74, 6) is 0. The molecular formula is C6H20LiNSi2. The summed E-state index contributed by atoms with van der Waals surface area (Å²) in [5.41, 5.74) is 0. The monoisotopic (exact) mass is 169 g/mol. The van der Waals surface area contributed by atoms with Gasteiger partial charge < -0.3 is 6.15 Å². The van der Waals surface area contributed by atoms with Crippen molar-refractivity contribution in [1.29, 1.82) is 0 Å². The van der Waals surface area contributed by atoms with Crippen LogP contribution in [0.1, 0.15) is 0 Å². The molecule has 0 rings (SSSR count). The SMILES string of the molecule is C[Si](C)(C)[Si](C)(C)C.[Li+].[NH2-]. The molecule has 0 aromatic carbocycles. The summed E-state index contributed by atoms with van der Waals surface area (Å²) >= 11 is 0. The molecule has 0 amide bonds. The van der Waals surface area contributed by atoms with E-state index in [2.05, 4.69) is 39.3 Å². The maximum atomic E-state index is 2.47. The maximum Gasteiger partial charge on any atom is 1.00 e. The van der Waals surface area contributed by atoms with Crippen LogP contribution in [0.2, 0.25) is 39.3 Å². The zero-order valence-corrected chi connectivity index (χ0v) is 10.6. The summed E-state index contributed by atoms with van der Waals surface area (Å²) in [7, 11) is -1.44. The number of hydrogen-bond donors (Lipinski definition) is 0. The van der Waals surface area contributed by atoms with Gasteiger partial charge in [0.2, 0.25) is 0 Å². The van der Waals surface area contributed by atoms with Crippen LogP contribution in [0.4, 0.5) is 0 Å². The zero-order chi connectivity index (χ0) is 7.00. The van der Waals surface area contributed by atoms with Crippen molar-refractivity contribution in [3.05, 3.63) is 6.15 Å². The second kappa shape index (κ2) is 4.79. The predicted molar refractivity (Wildman–Crippen MR) is 52.0 cm³/mol. The van der Waals surface area contributed by atoms with Gasteiger partial charge in [0.25, 0.3) is 0 Å². The molecule has 0 saturated carbocycles. The van der Waals surface area contributed by atoms with Crippen LogP contribution in [0.5, 0.6) is 0 Å². The van der Waals surface area contributed by atoms with Crippen LogP contribution < -0.4 is 18.9 Å². The third-order valence-corrected chi connectivity index (χ3v) is 20.2. The first kappa shape index (κ1) is 17.2. The topological polar surface area (TPSA) is 33.5 Å². The van der Waals surface area contributed by atoms with Crippen molar-refractivity contribution in [2.24, 2.45) is 0 Å². The summed E-state index contributed by atoms with van der Waals surface area (Å²) in [5, 5.41) is 0. The Balaban J connectivity index is -0.000000245. The Morgan fingerprint density at radius 2 is 0.700 bits per heavy atom. The number of hydrogen-bond acceptors (Lipinski definition) is 0. The molecule has 0 aliphatic carbocycles. The van der Waals surface area contributed by atoms with Crippen molar-refractivity contribution < 1.29 is 18.9 Å². The minimum atomic E-state index is -0.720. The van der Waals surface area contributed by atoms with Gasteiger partial charge in [0.1, 0.15) is 0 Å². The van der Waals surface area contributed by atoms with Crippen molar-refractivity contribution in [2.75, 3.05) is 0 Å². The molecule has 0 aliphatic rings. The van der Waals surface area contributed by atoms with Crippen LogP contribution in [-0.4, -0.2) is 15.2 Å². The summed E-state index contributed by atoms with van der Waals surface area (Å²) in [6.07, 6.45) is 0. The fourth-order valence-electron chi connectivity index (χ4n) is 0. The predicted octanol–water partition coefficient (Wildman–Crippen LogP) is 0.462. The Morgan fingerprint density at radius 3 is 0.700 bits per heavy atom. The quantitative estimate of drug-likeness (QED) is 0.511. The van der Waals surface area contributed by atoms with Gasteiger partial charge in [-0.05, 0) is 0 Å². The smallest absolute Gasteiger partial charge is 0.693 e. The second-order valence-electron chi connectivity index (χ2n) is 4.50. The molecule has 2 N–H and O–H groups in total. The molecule has 0 spiro atoms. The molecule has 0 saturated heterocycles. The van der Waals surface area contributed by atoms with Gasteiger partial charge in [-0.2, -0.15) is 0 Å². The Morgan fingerprint density at radius 1 is 0.600 bits per heavy atom. The minimum Gasteiger partial charge on any atom is -0.693 e. The van der Waals surface area contributed by atoms with E-state index in [1.165, 1.54) is 0 Å². The first-order chi connectivity index (χ1) is 3.25. The molecule has 0 unspecified atom stereocenters. The van der Waals surface area contributed by atoms with E-state index in [1.807, 2.05) is 0 Å². The van der Waals surface area contributed by atoms with Gasteiger partial charge in [-0.15, -0.1) is 0 Å². The largest absolute Gasteiger partial charge is 1.00 e. The average molecular weight is 169 g/mol. The summed E-state index contributed by atoms with van der Waals surface area (Å²) in [6, 6.07) is 0. The number of rotatable bonds is 1. The van der Waals surface area contributed by atoms with Crippen molar-refractivity contribution in [2.45, 2.75) is 39.3 Å². The van der Waals surface area contributed by atoms with E-state index < -0.39 is 15.2 Å². The van der Waals surface area contributed by atoms with Gasteiger partial charge in [-0.1, -0.05) is 39.3 Å². The fraction of sp³-hybridized carbons (Fsp3) is 1.00. The third-order valence-electron chi connectivity index (χ3n) is 2.25. The molecule has 0 heterocycles. The van der Waals surface area contributed by atoms with Crippen LogP contribution in [-0.2, 0) is 0 Å². The Hall–Kier alpha value is 0.991. The maximum absolute atomic E-state index is 2.47. The zero-order valence-electron chi connectivity index (χ0n) is 8.58. The average Bonchev–Trinajstić information content (AvgIpc) is 1.25. The van der Waals surface area contributed by atoms with Gasteiger partial charge in [-0.25, -0.2) is 0 Å². The Kier molecular flexibility index (Phi) is 8.22. The third kappa shape index (κ3) is 5.75. The molecule has 1 nitrogen and oxygen atoms in total. The van der Waals surface area contributed by atoms with E-state index in [0.29, 0.717) is 0 Å². The summed E-state index contributed by atoms with van der Waals surface area (Å²) in [4.78, 5) is 0. The molecular weight excluding hydrogens is 149 g/mol. The first-order valence-corrected chi connectivity index (χ1v) is 11.2. The molecule has 10 heavy (non-hydrogen) atoms. The first-order valence-electron chi connectivity index (χ1n) is 3.25. The standard InChI is InChI=1S/C6H18Si2.Li.H2N/c1-7(2,3)8(4,5)6;;/h1-6H3;;1H2/q;+1;-1. The molecule has 0 aliphatic heterocycles. The fourth-order valence-corrected chi connectivity index (χ4v) is 0. The van der Waals surface area contributed by atoms with E-state index in [0.717, 1.165) is 0 Å². The van der Waals surface area contributed by atoms with Crippen molar-refractivity contribution in [3.63, 3.8) is 0 Å². The summed E-state index contributed by atoms with van der Waals surface area (Å²) in [6.45, 7) is 14.8. The molecule has 0 fully saturated rings. The van der Waals surface area contributed by atoms with Gasteiger partial charge >= 0.3 is 18.9 Å². The molecule has 0 atom stereocenters. The van der Waals surface area contributed by atoms with Crippen molar-refractivity contribution >= 4 is 15.2 Å². The normalized spacial score (nSPS) is 11.4. The van der Waals surface area contributed by atoms with Crippen molar-refractivity contribution in [3.8, 4) is 0 Å². The molecule has 0 radical (unpaired) electrons. The number of nitrogens with two attached hydrogens (primary N) is 1. The van der Waals surface area contributed by atoms with Gasteiger partial charge in [0.15, 0.2) is 0 Å². The van der Waals surface area contributed by atoms with Crippen LogP contribution in [0.3, 0.4) is 0 Å². The summed E-state index contributed by atoms with van der Waals surface area (Å²) < 4.78 is 0. The molecule has 0 aromatic heterocycles.